The van der Waals surface area contributed by atoms with E-state index < -0.39 is 5.97 Å². The Balaban J connectivity index is 1.50. The molecule has 4 rings (SSSR count). The molecule has 0 N–H and O–H groups in total. The van der Waals surface area contributed by atoms with Gasteiger partial charge in [0.1, 0.15) is 5.76 Å². The zero-order valence-electron chi connectivity index (χ0n) is 16.4. The van der Waals surface area contributed by atoms with Crippen LogP contribution < -0.4 is 0 Å². The standard InChI is InChI=1S/C23H20N2O4/c1-14-10-20(16(3)25(14)22-11-15(2)29-24-22)21(26)13-28-23(27)19-9-8-17-6-4-5-7-18(17)12-19/h4-12H,13H2,1-3H3. The molecular weight excluding hydrogens is 368 g/mol. The highest BCUT2D eigenvalue weighted by Gasteiger charge is 2.20. The van der Waals surface area contributed by atoms with Gasteiger partial charge in [-0.05, 0) is 49.7 Å². The van der Waals surface area contributed by atoms with Crippen molar-refractivity contribution < 1.29 is 18.8 Å². The van der Waals surface area contributed by atoms with Gasteiger partial charge in [-0.15, -0.1) is 0 Å². The Hall–Kier alpha value is -3.67. The number of Topliss-reactive ketones (excluding diaryl/α,β-unsaturated/α-hetero) is 1. The first-order valence-electron chi connectivity index (χ1n) is 9.26. The quantitative estimate of drug-likeness (QED) is 0.369. The molecule has 6 heteroatoms. The lowest BCUT2D eigenvalue weighted by Gasteiger charge is -2.07. The summed E-state index contributed by atoms with van der Waals surface area (Å²) in [6.07, 6.45) is 0. The van der Waals surface area contributed by atoms with E-state index in [1.54, 1.807) is 24.3 Å². The van der Waals surface area contributed by atoms with E-state index in [1.165, 1.54) is 0 Å². The highest BCUT2D eigenvalue weighted by Crippen LogP contribution is 2.21. The molecule has 29 heavy (non-hydrogen) atoms. The zero-order valence-corrected chi connectivity index (χ0v) is 16.4. The minimum Gasteiger partial charge on any atom is -0.454 e. The van der Waals surface area contributed by atoms with Gasteiger partial charge in [0.25, 0.3) is 0 Å². The highest BCUT2D eigenvalue weighted by molar-refractivity contribution is 6.01. The van der Waals surface area contributed by atoms with Crippen molar-refractivity contribution in [3.63, 3.8) is 0 Å². The van der Waals surface area contributed by atoms with Crippen molar-refractivity contribution in [2.24, 2.45) is 0 Å². The minimum atomic E-state index is -0.523. The van der Waals surface area contributed by atoms with Crippen LogP contribution in [0.5, 0.6) is 0 Å². The van der Waals surface area contributed by atoms with Crippen molar-refractivity contribution in [1.29, 1.82) is 0 Å². The van der Waals surface area contributed by atoms with Crippen molar-refractivity contribution in [1.82, 2.24) is 9.72 Å². The van der Waals surface area contributed by atoms with E-state index in [2.05, 4.69) is 5.16 Å². The fraction of sp³-hybridized carbons (Fsp3) is 0.174. The second-order valence-corrected chi connectivity index (χ2v) is 6.98. The molecule has 0 saturated heterocycles. The maximum atomic E-state index is 12.7. The normalized spacial score (nSPS) is 11.0. The SMILES string of the molecule is Cc1cc(-n2c(C)cc(C(=O)COC(=O)c3ccc4ccccc4c3)c2C)no1. The predicted molar refractivity (Wildman–Crippen MR) is 109 cm³/mol. The Kier molecular flexibility index (Phi) is 4.76. The summed E-state index contributed by atoms with van der Waals surface area (Å²) in [7, 11) is 0. The van der Waals surface area contributed by atoms with Gasteiger partial charge in [-0.2, -0.15) is 0 Å². The third-order valence-corrected chi connectivity index (χ3v) is 4.90. The molecular formula is C23H20N2O4. The minimum absolute atomic E-state index is 0.265. The van der Waals surface area contributed by atoms with Gasteiger partial charge >= 0.3 is 5.97 Å². The average Bonchev–Trinajstić information content (AvgIpc) is 3.27. The number of nitrogens with zero attached hydrogens (tertiary/aromatic N) is 2. The Morgan fingerprint density at radius 1 is 1.00 bits per heavy atom. The molecule has 2 aromatic heterocycles. The van der Waals surface area contributed by atoms with Gasteiger partial charge in [0, 0.05) is 23.0 Å². The van der Waals surface area contributed by atoms with Crippen molar-refractivity contribution >= 4 is 22.5 Å². The third kappa shape index (κ3) is 3.57. The van der Waals surface area contributed by atoms with E-state index >= 15 is 0 Å². The molecule has 0 saturated carbocycles. The summed E-state index contributed by atoms with van der Waals surface area (Å²) in [4.78, 5) is 25.1. The topological polar surface area (TPSA) is 74.3 Å². The second kappa shape index (κ2) is 7.39. The fourth-order valence-electron chi connectivity index (χ4n) is 3.46. The van der Waals surface area contributed by atoms with Gasteiger partial charge in [0.15, 0.2) is 12.4 Å². The average molecular weight is 388 g/mol. The van der Waals surface area contributed by atoms with Gasteiger partial charge in [-0.25, -0.2) is 4.79 Å². The zero-order chi connectivity index (χ0) is 20.5. The number of fused-ring (bicyclic) bond motifs is 1. The Morgan fingerprint density at radius 2 is 1.76 bits per heavy atom. The fourth-order valence-corrected chi connectivity index (χ4v) is 3.46. The van der Waals surface area contributed by atoms with Gasteiger partial charge < -0.3 is 9.26 Å². The van der Waals surface area contributed by atoms with E-state index in [0.29, 0.717) is 22.7 Å². The molecule has 146 valence electrons. The molecule has 2 heterocycles. The summed E-state index contributed by atoms with van der Waals surface area (Å²) in [5.74, 6) is 0.512. The molecule has 0 aliphatic rings. The van der Waals surface area contributed by atoms with E-state index in [0.717, 1.165) is 22.2 Å². The van der Waals surface area contributed by atoms with Crippen LogP contribution in [-0.2, 0) is 4.74 Å². The predicted octanol–water partition coefficient (Wildman–Crippen LogP) is 4.58. The number of ketones is 1. The summed E-state index contributed by atoms with van der Waals surface area (Å²) in [5, 5.41) is 5.99. The maximum Gasteiger partial charge on any atom is 0.338 e. The summed E-state index contributed by atoms with van der Waals surface area (Å²) in [5.41, 5.74) is 2.48. The van der Waals surface area contributed by atoms with E-state index in [9.17, 15) is 9.59 Å². The molecule has 0 unspecified atom stereocenters. The summed E-state index contributed by atoms with van der Waals surface area (Å²) in [6.45, 7) is 5.20. The number of esters is 1. The molecule has 0 bridgehead atoms. The van der Waals surface area contributed by atoms with Gasteiger partial charge in [0.2, 0.25) is 5.78 Å². The Morgan fingerprint density at radius 3 is 2.48 bits per heavy atom. The molecule has 0 spiro atoms. The lowest BCUT2D eigenvalue weighted by Crippen LogP contribution is -2.15. The van der Waals surface area contributed by atoms with Gasteiger partial charge in [-0.1, -0.05) is 35.5 Å². The number of ether oxygens (including phenoxy) is 1. The number of hydrogen-bond acceptors (Lipinski definition) is 5. The van der Waals surface area contributed by atoms with Crippen molar-refractivity contribution in [2.75, 3.05) is 6.61 Å². The van der Waals surface area contributed by atoms with Crippen LogP contribution in [0.25, 0.3) is 16.6 Å². The largest absolute Gasteiger partial charge is 0.454 e. The first-order chi connectivity index (χ1) is 13.9. The number of rotatable bonds is 5. The number of aryl methyl sites for hydroxylation is 2. The molecule has 0 radical (unpaired) electrons. The van der Waals surface area contributed by atoms with Crippen molar-refractivity contribution in [3.05, 3.63) is 82.9 Å². The molecule has 2 aromatic carbocycles. The summed E-state index contributed by atoms with van der Waals surface area (Å²) in [6, 6.07) is 16.6. The van der Waals surface area contributed by atoms with E-state index in [4.69, 9.17) is 9.26 Å². The van der Waals surface area contributed by atoms with Crippen LogP contribution in [0.4, 0.5) is 0 Å². The molecule has 0 fully saturated rings. The van der Waals surface area contributed by atoms with Crippen LogP contribution in [0, 0.1) is 20.8 Å². The van der Waals surface area contributed by atoms with Crippen molar-refractivity contribution in [3.8, 4) is 5.82 Å². The molecule has 6 nitrogen and oxygen atoms in total. The van der Waals surface area contributed by atoms with Gasteiger partial charge in [-0.3, -0.25) is 9.36 Å². The van der Waals surface area contributed by atoms with Crippen LogP contribution in [0.3, 0.4) is 0 Å². The number of benzene rings is 2. The van der Waals surface area contributed by atoms with Crippen LogP contribution in [-0.4, -0.2) is 28.1 Å². The number of hydrogen-bond donors (Lipinski definition) is 0. The van der Waals surface area contributed by atoms with Gasteiger partial charge in [0.05, 0.1) is 5.56 Å². The third-order valence-electron chi connectivity index (χ3n) is 4.90. The Labute approximate surface area is 167 Å². The van der Waals surface area contributed by atoms with Crippen LogP contribution >= 0.6 is 0 Å². The Bertz CT molecular complexity index is 1230. The van der Waals surface area contributed by atoms with Crippen molar-refractivity contribution in [2.45, 2.75) is 20.8 Å². The number of carbonyl (C=O) groups excluding carboxylic acids is 2. The van der Waals surface area contributed by atoms with Crippen LogP contribution in [0.2, 0.25) is 0 Å². The van der Waals surface area contributed by atoms with Crippen LogP contribution in [0.15, 0.2) is 59.1 Å². The molecule has 0 atom stereocenters. The molecule has 4 aromatic rings. The lowest BCUT2D eigenvalue weighted by molar-refractivity contribution is 0.0474. The molecule has 0 aliphatic carbocycles. The van der Waals surface area contributed by atoms with E-state index in [1.807, 2.05) is 55.7 Å². The first-order valence-corrected chi connectivity index (χ1v) is 9.26. The second-order valence-electron chi connectivity index (χ2n) is 6.98. The van der Waals surface area contributed by atoms with E-state index in [-0.39, 0.29) is 12.4 Å². The monoisotopic (exact) mass is 388 g/mol. The smallest absolute Gasteiger partial charge is 0.338 e. The molecule has 0 aliphatic heterocycles. The summed E-state index contributed by atoms with van der Waals surface area (Å²) >= 11 is 0. The number of aromatic nitrogens is 2. The maximum absolute atomic E-state index is 12.7. The lowest BCUT2D eigenvalue weighted by atomic mass is 10.1. The number of carbonyl (C=O) groups is 2. The molecule has 0 amide bonds. The van der Waals surface area contributed by atoms with Crippen LogP contribution in [0.1, 0.15) is 37.9 Å². The highest BCUT2D eigenvalue weighted by atomic mass is 16.5. The first kappa shape index (κ1) is 18.7. The summed E-state index contributed by atoms with van der Waals surface area (Å²) < 4.78 is 12.2.